The molecule has 2 N–H and O–H groups in total. The Bertz CT molecular complexity index is 889. The summed E-state index contributed by atoms with van der Waals surface area (Å²) in [5.41, 5.74) is 2.14. The van der Waals surface area contributed by atoms with E-state index in [0.29, 0.717) is 34.9 Å². The van der Waals surface area contributed by atoms with Gasteiger partial charge in [-0.1, -0.05) is 6.07 Å². The second-order valence-corrected chi connectivity index (χ2v) is 5.39. The molecule has 3 aromatic rings. The normalized spacial score (nSPS) is 10.2. The Morgan fingerprint density at radius 1 is 1.12 bits per heavy atom. The molecule has 26 heavy (non-hydrogen) atoms. The molecule has 7 heteroatoms. The summed E-state index contributed by atoms with van der Waals surface area (Å²) in [5.74, 6) is -0.0295. The third kappa shape index (κ3) is 4.27. The molecule has 2 aromatic heterocycles. The lowest BCUT2D eigenvalue weighted by Gasteiger charge is -2.08. The van der Waals surface area contributed by atoms with Gasteiger partial charge in [0.15, 0.2) is 0 Å². The van der Waals surface area contributed by atoms with Crippen LogP contribution in [0, 0.1) is 0 Å². The largest absolute Gasteiger partial charge is 0.467 e. The van der Waals surface area contributed by atoms with Crippen LogP contribution < -0.4 is 10.6 Å². The lowest BCUT2D eigenvalue weighted by Crippen LogP contribution is -2.23. The predicted molar refractivity (Wildman–Crippen MR) is 95.2 cm³/mol. The van der Waals surface area contributed by atoms with Gasteiger partial charge in [0.2, 0.25) is 0 Å². The highest BCUT2D eigenvalue weighted by Gasteiger charge is 2.09. The zero-order chi connectivity index (χ0) is 18.4. The molecule has 0 aliphatic carbocycles. The highest BCUT2D eigenvalue weighted by atomic mass is 16.5. The first-order valence-electron chi connectivity index (χ1n) is 7.88. The minimum Gasteiger partial charge on any atom is -0.467 e. The molecule has 0 aliphatic heterocycles. The van der Waals surface area contributed by atoms with Crippen molar-refractivity contribution >= 4 is 23.3 Å². The number of esters is 1. The van der Waals surface area contributed by atoms with Crippen molar-refractivity contribution in [2.24, 2.45) is 0 Å². The van der Waals surface area contributed by atoms with E-state index in [2.05, 4.69) is 15.6 Å². The van der Waals surface area contributed by atoms with Crippen molar-refractivity contribution in [2.75, 3.05) is 12.4 Å². The number of hydrogen-bond donors (Lipinski definition) is 2. The summed E-state index contributed by atoms with van der Waals surface area (Å²) >= 11 is 0. The van der Waals surface area contributed by atoms with Gasteiger partial charge >= 0.3 is 5.97 Å². The Kier molecular flexibility index (Phi) is 5.28. The number of nitrogens with one attached hydrogen (secondary N) is 2. The van der Waals surface area contributed by atoms with Gasteiger partial charge in [-0.25, -0.2) is 9.78 Å². The maximum absolute atomic E-state index is 12.1. The summed E-state index contributed by atoms with van der Waals surface area (Å²) in [7, 11) is 1.34. The Hall–Kier alpha value is -3.61. The summed E-state index contributed by atoms with van der Waals surface area (Å²) in [4.78, 5) is 27.8. The molecular formula is C19H17N3O4. The highest BCUT2D eigenvalue weighted by Crippen LogP contribution is 2.18. The third-order valence-electron chi connectivity index (χ3n) is 3.57. The summed E-state index contributed by atoms with van der Waals surface area (Å²) in [5, 5.41) is 5.86. The van der Waals surface area contributed by atoms with Crippen molar-refractivity contribution in [1.82, 2.24) is 10.3 Å². The molecule has 2 heterocycles. The molecule has 3 rings (SSSR count). The SMILES string of the molecule is COC(=O)c1cccc(Nc2ccc(C(=O)NCc3ccco3)nc2)c1. The van der Waals surface area contributed by atoms with E-state index in [1.807, 2.05) is 6.07 Å². The van der Waals surface area contributed by atoms with Crippen LogP contribution in [0.1, 0.15) is 26.6 Å². The van der Waals surface area contributed by atoms with Gasteiger partial charge in [-0.15, -0.1) is 0 Å². The van der Waals surface area contributed by atoms with Crippen LogP contribution in [0.25, 0.3) is 0 Å². The summed E-state index contributed by atoms with van der Waals surface area (Å²) in [6.07, 6.45) is 3.10. The first-order valence-corrected chi connectivity index (χ1v) is 7.88. The average Bonchev–Trinajstić information content (AvgIpc) is 3.20. The van der Waals surface area contributed by atoms with Crippen molar-refractivity contribution in [3.63, 3.8) is 0 Å². The Labute approximate surface area is 150 Å². The summed E-state index contributed by atoms with van der Waals surface area (Å²) in [6.45, 7) is 0.299. The number of ether oxygens (including phenoxy) is 1. The Morgan fingerprint density at radius 3 is 2.69 bits per heavy atom. The number of carbonyl (C=O) groups is 2. The molecule has 0 spiro atoms. The highest BCUT2D eigenvalue weighted by molar-refractivity contribution is 5.92. The van der Waals surface area contributed by atoms with E-state index in [4.69, 9.17) is 9.15 Å². The summed E-state index contributed by atoms with van der Waals surface area (Å²) < 4.78 is 9.86. The predicted octanol–water partition coefficient (Wildman–Crippen LogP) is 3.13. The number of anilines is 2. The van der Waals surface area contributed by atoms with Crippen molar-refractivity contribution in [2.45, 2.75) is 6.54 Å². The van der Waals surface area contributed by atoms with E-state index in [1.165, 1.54) is 7.11 Å². The monoisotopic (exact) mass is 351 g/mol. The van der Waals surface area contributed by atoms with Crippen molar-refractivity contribution in [3.05, 3.63) is 78.0 Å². The van der Waals surface area contributed by atoms with Crippen LogP contribution in [0.3, 0.4) is 0 Å². The number of amides is 1. The van der Waals surface area contributed by atoms with Crippen LogP contribution in [0.5, 0.6) is 0 Å². The first kappa shape index (κ1) is 17.2. The van der Waals surface area contributed by atoms with Gasteiger partial charge < -0.3 is 19.8 Å². The molecular weight excluding hydrogens is 334 g/mol. The van der Waals surface area contributed by atoms with E-state index in [0.717, 1.165) is 0 Å². The molecule has 0 bridgehead atoms. The average molecular weight is 351 g/mol. The van der Waals surface area contributed by atoms with Gasteiger partial charge in [-0.2, -0.15) is 0 Å². The maximum Gasteiger partial charge on any atom is 0.337 e. The van der Waals surface area contributed by atoms with E-state index in [9.17, 15) is 9.59 Å². The Morgan fingerprint density at radius 2 is 2.00 bits per heavy atom. The van der Waals surface area contributed by atoms with Crippen molar-refractivity contribution < 1.29 is 18.7 Å². The second-order valence-electron chi connectivity index (χ2n) is 5.39. The number of aromatic nitrogens is 1. The second kappa shape index (κ2) is 7.98. The van der Waals surface area contributed by atoms with Crippen LogP contribution in [0.15, 0.2) is 65.4 Å². The van der Waals surface area contributed by atoms with Crippen LogP contribution in [-0.4, -0.2) is 24.0 Å². The van der Waals surface area contributed by atoms with Gasteiger partial charge in [-0.05, 0) is 42.5 Å². The molecule has 7 nitrogen and oxygen atoms in total. The fraction of sp³-hybridized carbons (Fsp3) is 0.105. The molecule has 1 aromatic carbocycles. The lowest BCUT2D eigenvalue weighted by atomic mass is 10.2. The molecule has 0 unspecified atom stereocenters. The van der Waals surface area contributed by atoms with Crippen LogP contribution in [-0.2, 0) is 11.3 Å². The molecule has 0 radical (unpaired) electrons. The topological polar surface area (TPSA) is 93.5 Å². The Balaban J connectivity index is 1.62. The lowest BCUT2D eigenvalue weighted by molar-refractivity contribution is 0.0600. The zero-order valence-electron chi connectivity index (χ0n) is 14.1. The van der Waals surface area contributed by atoms with E-state index >= 15 is 0 Å². The van der Waals surface area contributed by atoms with Gasteiger partial charge in [0, 0.05) is 5.69 Å². The van der Waals surface area contributed by atoms with Gasteiger partial charge in [0.05, 0.1) is 37.4 Å². The van der Waals surface area contributed by atoms with E-state index in [1.54, 1.807) is 54.9 Å². The maximum atomic E-state index is 12.1. The van der Waals surface area contributed by atoms with Crippen LogP contribution in [0.4, 0.5) is 11.4 Å². The van der Waals surface area contributed by atoms with Crippen LogP contribution >= 0.6 is 0 Å². The first-order chi connectivity index (χ1) is 12.7. The number of pyridine rings is 1. The number of methoxy groups -OCH3 is 1. The van der Waals surface area contributed by atoms with Crippen molar-refractivity contribution in [3.8, 4) is 0 Å². The van der Waals surface area contributed by atoms with E-state index < -0.39 is 5.97 Å². The number of nitrogens with zero attached hydrogens (tertiary/aromatic N) is 1. The fourth-order valence-corrected chi connectivity index (χ4v) is 2.28. The molecule has 0 atom stereocenters. The quantitative estimate of drug-likeness (QED) is 0.663. The molecule has 0 aliphatic rings. The molecule has 0 saturated carbocycles. The number of hydrogen-bond acceptors (Lipinski definition) is 6. The molecule has 132 valence electrons. The van der Waals surface area contributed by atoms with Gasteiger partial charge in [-0.3, -0.25) is 4.79 Å². The van der Waals surface area contributed by atoms with E-state index in [-0.39, 0.29) is 5.91 Å². The minimum atomic E-state index is -0.407. The van der Waals surface area contributed by atoms with Gasteiger partial charge in [0.25, 0.3) is 5.91 Å². The van der Waals surface area contributed by atoms with Crippen LogP contribution in [0.2, 0.25) is 0 Å². The summed E-state index contributed by atoms with van der Waals surface area (Å²) in [6, 6.07) is 13.8. The molecule has 1 amide bonds. The van der Waals surface area contributed by atoms with Gasteiger partial charge in [0.1, 0.15) is 11.5 Å². The molecule has 0 fully saturated rings. The number of benzene rings is 1. The van der Waals surface area contributed by atoms with Crippen molar-refractivity contribution in [1.29, 1.82) is 0 Å². The smallest absolute Gasteiger partial charge is 0.337 e. The fourth-order valence-electron chi connectivity index (χ4n) is 2.28. The number of rotatable bonds is 6. The standard InChI is InChI=1S/C19H17N3O4/c1-25-19(24)13-4-2-5-14(10-13)22-15-7-8-17(20-11-15)18(23)21-12-16-6-3-9-26-16/h2-11,22H,12H2,1H3,(H,21,23). The number of furan rings is 1. The third-order valence-corrected chi connectivity index (χ3v) is 3.57. The molecule has 0 saturated heterocycles. The number of carbonyl (C=O) groups excluding carboxylic acids is 2. The zero-order valence-corrected chi connectivity index (χ0v) is 14.1. The minimum absolute atomic E-state index is 0.291.